The summed E-state index contributed by atoms with van der Waals surface area (Å²) < 4.78 is 11.3. The van der Waals surface area contributed by atoms with Crippen LogP contribution in [0.3, 0.4) is 0 Å². The number of nitrogens with one attached hydrogen (secondary N) is 1. The minimum Gasteiger partial charge on any atom is -0.493 e. The summed E-state index contributed by atoms with van der Waals surface area (Å²) >= 11 is 18.8. The van der Waals surface area contributed by atoms with Crippen LogP contribution in [-0.2, 0) is 13.2 Å². The van der Waals surface area contributed by atoms with Crippen LogP contribution in [0.2, 0.25) is 15.1 Å². The van der Waals surface area contributed by atoms with Gasteiger partial charge < -0.3 is 19.7 Å². The van der Waals surface area contributed by atoms with Crippen molar-refractivity contribution >= 4 is 34.8 Å². The van der Waals surface area contributed by atoms with Crippen molar-refractivity contribution in [3.63, 3.8) is 0 Å². The van der Waals surface area contributed by atoms with Crippen molar-refractivity contribution in [2.24, 2.45) is 0 Å². The van der Waals surface area contributed by atoms with Crippen LogP contribution < -0.4 is 14.8 Å². The molecule has 0 saturated carbocycles. The fraction of sp³-hybridized carbons (Fsp3) is 0.368. The second-order valence-corrected chi connectivity index (χ2v) is 7.29. The Bertz CT molecular complexity index is 719. The molecule has 0 heterocycles. The van der Waals surface area contributed by atoms with E-state index < -0.39 is 0 Å². The largest absolute Gasteiger partial charge is 0.493 e. The molecular formula is C19H23Cl3N2O2. The van der Waals surface area contributed by atoms with Crippen molar-refractivity contribution in [1.82, 2.24) is 10.2 Å². The van der Waals surface area contributed by atoms with E-state index in [2.05, 4.69) is 10.2 Å². The van der Waals surface area contributed by atoms with E-state index in [1.807, 2.05) is 20.2 Å². The van der Waals surface area contributed by atoms with Gasteiger partial charge in [0.2, 0.25) is 0 Å². The molecule has 0 aromatic heterocycles. The van der Waals surface area contributed by atoms with Gasteiger partial charge in [-0.15, -0.1) is 0 Å². The summed E-state index contributed by atoms with van der Waals surface area (Å²) in [7, 11) is 5.67. The summed E-state index contributed by atoms with van der Waals surface area (Å²) in [5.74, 6) is 1.16. The van der Waals surface area contributed by atoms with Gasteiger partial charge >= 0.3 is 0 Å². The maximum atomic E-state index is 6.41. The topological polar surface area (TPSA) is 33.7 Å². The van der Waals surface area contributed by atoms with Gasteiger partial charge in [-0.25, -0.2) is 0 Å². The van der Waals surface area contributed by atoms with E-state index >= 15 is 0 Å². The summed E-state index contributed by atoms with van der Waals surface area (Å²) in [6.45, 7) is 2.70. The number of rotatable bonds is 9. The number of halogens is 3. The summed E-state index contributed by atoms with van der Waals surface area (Å²) in [6.07, 6.45) is 0. The molecule has 0 saturated heterocycles. The van der Waals surface area contributed by atoms with Crippen LogP contribution in [0.1, 0.15) is 11.1 Å². The molecule has 0 fully saturated rings. The minimum absolute atomic E-state index is 0.228. The Kier molecular flexibility index (Phi) is 8.32. The molecule has 0 unspecified atom stereocenters. The summed E-state index contributed by atoms with van der Waals surface area (Å²) in [4.78, 5) is 2.12. The van der Waals surface area contributed by atoms with E-state index in [0.717, 1.165) is 24.2 Å². The summed E-state index contributed by atoms with van der Waals surface area (Å²) in [6, 6.07) is 8.99. The van der Waals surface area contributed by atoms with Crippen LogP contribution in [0.5, 0.6) is 11.5 Å². The lowest BCUT2D eigenvalue weighted by Gasteiger charge is -2.16. The van der Waals surface area contributed by atoms with E-state index in [1.165, 1.54) is 0 Å². The molecule has 0 amide bonds. The molecule has 26 heavy (non-hydrogen) atoms. The number of nitrogens with zero attached hydrogens (tertiary/aromatic N) is 1. The van der Waals surface area contributed by atoms with Crippen LogP contribution in [0.4, 0.5) is 0 Å². The average Bonchev–Trinajstić information content (AvgIpc) is 2.59. The van der Waals surface area contributed by atoms with Crippen molar-refractivity contribution in [3.8, 4) is 11.5 Å². The van der Waals surface area contributed by atoms with Gasteiger partial charge in [-0.1, -0.05) is 40.9 Å². The Labute approximate surface area is 169 Å². The molecular weight excluding hydrogens is 395 g/mol. The van der Waals surface area contributed by atoms with E-state index in [1.54, 1.807) is 31.4 Å². The van der Waals surface area contributed by atoms with Crippen molar-refractivity contribution in [1.29, 1.82) is 0 Å². The lowest BCUT2D eigenvalue weighted by atomic mass is 10.2. The number of hydrogen-bond donors (Lipinski definition) is 1. The Morgan fingerprint density at radius 1 is 1.00 bits per heavy atom. The SMILES string of the molecule is COc1cc(CNCCN(C)C)c(Cl)cc1OCc1c(Cl)cccc1Cl. The van der Waals surface area contributed by atoms with Gasteiger partial charge in [0.15, 0.2) is 11.5 Å². The fourth-order valence-electron chi connectivity index (χ4n) is 2.33. The Balaban J connectivity index is 2.08. The van der Waals surface area contributed by atoms with Crippen LogP contribution in [0.25, 0.3) is 0 Å². The molecule has 0 aliphatic heterocycles. The third-order valence-corrected chi connectivity index (χ3v) is 4.88. The van der Waals surface area contributed by atoms with Gasteiger partial charge in [-0.3, -0.25) is 0 Å². The van der Waals surface area contributed by atoms with Crippen LogP contribution in [-0.4, -0.2) is 39.2 Å². The summed E-state index contributed by atoms with van der Waals surface area (Å²) in [5.41, 5.74) is 1.67. The number of likely N-dealkylation sites (N-methyl/N-ethyl adjacent to an activating group) is 1. The zero-order valence-electron chi connectivity index (χ0n) is 15.1. The quantitative estimate of drug-likeness (QED) is 0.589. The average molecular weight is 418 g/mol. The second kappa shape index (κ2) is 10.2. The molecule has 2 aromatic carbocycles. The van der Waals surface area contributed by atoms with Gasteiger partial charge in [0, 0.05) is 46.3 Å². The van der Waals surface area contributed by atoms with Crippen molar-refractivity contribution in [2.75, 3.05) is 34.3 Å². The smallest absolute Gasteiger partial charge is 0.163 e. The standard InChI is InChI=1S/C19H23Cl3N2O2/c1-24(2)8-7-23-11-13-9-18(25-3)19(10-17(13)22)26-12-14-15(20)5-4-6-16(14)21/h4-6,9-10,23H,7-8,11-12H2,1-3H3. The van der Waals surface area contributed by atoms with Gasteiger partial charge in [0.1, 0.15) is 6.61 Å². The third-order valence-electron chi connectivity index (χ3n) is 3.82. The molecule has 0 atom stereocenters. The maximum absolute atomic E-state index is 6.41. The zero-order chi connectivity index (χ0) is 19.1. The molecule has 4 nitrogen and oxygen atoms in total. The van der Waals surface area contributed by atoms with Gasteiger partial charge in [0.05, 0.1) is 7.11 Å². The van der Waals surface area contributed by atoms with Crippen molar-refractivity contribution in [3.05, 3.63) is 56.5 Å². The third kappa shape index (κ3) is 5.93. The van der Waals surface area contributed by atoms with Crippen molar-refractivity contribution < 1.29 is 9.47 Å². The monoisotopic (exact) mass is 416 g/mol. The predicted octanol–water partition coefficient (Wildman–Crippen LogP) is 4.89. The first-order chi connectivity index (χ1) is 12.4. The first-order valence-corrected chi connectivity index (χ1v) is 9.33. The Morgan fingerprint density at radius 3 is 2.31 bits per heavy atom. The number of hydrogen-bond acceptors (Lipinski definition) is 4. The lowest BCUT2D eigenvalue weighted by Crippen LogP contribution is -2.26. The number of methoxy groups -OCH3 is 1. The Hall–Kier alpha value is -1.17. The highest BCUT2D eigenvalue weighted by atomic mass is 35.5. The predicted molar refractivity (Wildman–Crippen MR) is 109 cm³/mol. The molecule has 2 aromatic rings. The highest BCUT2D eigenvalue weighted by molar-refractivity contribution is 6.36. The van der Waals surface area contributed by atoms with E-state index in [0.29, 0.717) is 33.1 Å². The first-order valence-electron chi connectivity index (χ1n) is 8.20. The Morgan fingerprint density at radius 2 is 1.69 bits per heavy atom. The second-order valence-electron chi connectivity index (χ2n) is 6.06. The molecule has 2 rings (SSSR count). The number of ether oxygens (including phenoxy) is 2. The molecule has 1 N–H and O–H groups in total. The molecule has 0 radical (unpaired) electrons. The fourth-order valence-corrected chi connectivity index (χ4v) is 3.06. The van der Waals surface area contributed by atoms with E-state index in [4.69, 9.17) is 44.3 Å². The van der Waals surface area contributed by atoms with E-state index in [-0.39, 0.29) is 6.61 Å². The van der Waals surface area contributed by atoms with Crippen LogP contribution in [0.15, 0.2) is 30.3 Å². The normalized spacial score (nSPS) is 11.0. The van der Waals surface area contributed by atoms with Crippen molar-refractivity contribution in [2.45, 2.75) is 13.2 Å². The molecule has 0 bridgehead atoms. The molecule has 7 heteroatoms. The summed E-state index contributed by atoms with van der Waals surface area (Å²) in [5, 5.41) is 5.09. The molecule has 0 spiro atoms. The molecule has 142 valence electrons. The van der Waals surface area contributed by atoms with Crippen LogP contribution in [0, 0.1) is 0 Å². The maximum Gasteiger partial charge on any atom is 0.163 e. The highest BCUT2D eigenvalue weighted by Gasteiger charge is 2.13. The lowest BCUT2D eigenvalue weighted by molar-refractivity contribution is 0.284. The minimum atomic E-state index is 0.228. The zero-order valence-corrected chi connectivity index (χ0v) is 17.4. The first kappa shape index (κ1) is 21.1. The molecule has 0 aliphatic carbocycles. The van der Waals surface area contributed by atoms with Crippen LogP contribution >= 0.6 is 34.8 Å². The van der Waals surface area contributed by atoms with Gasteiger partial charge in [0.25, 0.3) is 0 Å². The van der Waals surface area contributed by atoms with E-state index in [9.17, 15) is 0 Å². The van der Waals surface area contributed by atoms with Gasteiger partial charge in [-0.05, 0) is 37.9 Å². The number of benzene rings is 2. The highest BCUT2D eigenvalue weighted by Crippen LogP contribution is 2.35. The van der Waals surface area contributed by atoms with Gasteiger partial charge in [-0.2, -0.15) is 0 Å². The molecule has 0 aliphatic rings.